The van der Waals surface area contributed by atoms with Crippen molar-refractivity contribution in [3.8, 4) is 0 Å². The lowest BCUT2D eigenvalue weighted by Crippen LogP contribution is -2.47. The first-order valence-corrected chi connectivity index (χ1v) is 12.5. The molecule has 0 aromatic heterocycles. The molecule has 6 nitrogen and oxygen atoms in total. The summed E-state index contributed by atoms with van der Waals surface area (Å²) in [6, 6.07) is -0.657. The smallest absolute Gasteiger partial charge is 0.242 e. The number of rotatable bonds is 20. The molecular formula is C25H47N3O3. The summed E-state index contributed by atoms with van der Waals surface area (Å²) in [6.45, 7) is 7.59. The van der Waals surface area contributed by atoms with Gasteiger partial charge in [0.15, 0.2) is 0 Å². The third-order valence-electron chi connectivity index (χ3n) is 5.16. The number of carbonyl (C=O) groups is 3. The highest BCUT2D eigenvalue weighted by atomic mass is 16.2. The zero-order valence-corrected chi connectivity index (χ0v) is 20.3. The maximum atomic E-state index is 12.5. The summed E-state index contributed by atoms with van der Waals surface area (Å²) in [5, 5.41) is 8.57. The summed E-state index contributed by atoms with van der Waals surface area (Å²) in [5.74, 6) is -0.397. The average molecular weight is 438 g/mol. The molecule has 0 aliphatic heterocycles. The number of amides is 3. The van der Waals surface area contributed by atoms with Gasteiger partial charge in [0.05, 0.1) is 0 Å². The SMILES string of the molecule is CCCCCC/C=C/CCCC(=O)N[C@@H](CCC(=O)NCCCC)C(=O)NCCCC. The molecule has 0 saturated carbocycles. The second kappa shape index (κ2) is 21.4. The van der Waals surface area contributed by atoms with Crippen molar-refractivity contribution >= 4 is 17.7 Å². The molecule has 0 spiro atoms. The van der Waals surface area contributed by atoms with Gasteiger partial charge < -0.3 is 16.0 Å². The Kier molecular flexibility index (Phi) is 20.1. The number of hydrogen-bond donors (Lipinski definition) is 3. The minimum Gasteiger partial charge on any atom is -0.356 e. The fraction of sp³-hybridized carbons (Fsp3) is 0.800. The van der Waals surface area contributed by atoms with Gasteiger partial charge in [-0.1, -0.05) is 65.0 Å². The van der Waals surface area contributed by atoms with Crippen LogP contribution in [-0.4, -0.2) is 36.9 Å². The minimum atomic E-state index is -0.657. The lowest BCUT2D eigenvalue weighted by Gasteiger charge is -2.18. The van der Waals surface area contributed by atoms with Crippen molar-refractivity contribution in [2.45, 2.75) is 117 Å². The van der Waals surface area contributed by atoms with E-state index in [1.165, 1.54) is 25.7 Å². The molecular weight excluding hydrogens is 390 g/mol. The third kappa shape index (κ3) is 18.6. The highest BCUT2D eigenvalue weighted by Gasteiger charge is 2.21. The normalized spacial score (nSPS) is 12.0. The summed E-state index contributed by atoms with van der Waals surface area (Å²) in [4.78, 5) is 36.8. The van der Waals surface area contributed by atoms with Gasteiger partial charge in [0.25, 0.3) is 0 Å². The zero-order chi connectivity index (χ0) is 23.2. The van der Waals surface area contributed by atoms with Crippen LogP contribution in [0.25, 0.3) is 0 Å². The van der Waals surface area contributed by atoms with Gasteiger partial charge in [-0.05, 0) is 44.9 Å². The summed E-state index contributed by atoms with van der Waals surface area (Å²) >= 11 is 0. The van der Waals surface area contributed by atoms with Crippen molar-refractivity contribution < 1.29 is 14.4 Å². The topological polar surface area (TPSA) is 87.3 Å². The number of allylic oxidation sites excluding steroid dienone is 2. The van der Waals surface area contributed by atoms with E-state index in [0.29, 0.717) is 25.9 Å². The van der Waals surface area contributed by atoms with Gasteiger partial charge in [0.2, 0.25) is 17.7 Å². The van der Waals surface area contributed by atoms with Crippen LogP contribution in [0.15, 0.2) is 12.2 Å². The van der Waals surface area contributed by atoms with Crippen LogP contribution in [0.5, 0.6) is 0 Å². The second-order valence-electron chi connectivity index (χ2n) is 8.22. The van der Waals surface area contributed by atoms with Crippen molar-refractivity contribution in [2.24, 2.45) is 0 Å². The third-order valence-corrected chi connectivity index (χ3v) is 5.16. The Balaban J connectivity index is 4.33. The van der Waals surface area contributed by atoms with Crippen LogP contribution in [0.4, 0.5) is 0 Å². The maximum Gasteiger partial charge on any atom is 0.242 e. The lowest BCUT2D eigenvalue weighted by molar-refractivity contribution is -0.129. The summed E-state index contributed by atoms with van der Waals surface area (Å²) in [7, 11) is 0. The predicted molar refractivity (Wildman–Crippen MR) is 129 cm³/mol. The molecule has 0 unspecified atom stereocenters. The Labute approximate surface area is 190 Å². The Morgan fingerprint density at radius 3 is 1.94 bits per heavy atom. The molecule has 180 valence electrons. The molecule has 0 rings (SSSR count). The van der Waals surface area contributed by atoms with Crippen LogP contribution >= 0.6 is 0 Å². The van der Waals surface area contributed by atoms with E-state index < -0.39 is 6.04 Å². The van der Waals surface area contributed by atoms with Gasteiger partial charge in [0, 0.05) is 25.9 Å². The average Bonchev–Trinajstić information content (AvgIpc) is 2.75. The van der Waals surface area contributed by atoms with E-state index in [2.05, 4.69) is 48.9 Å². The van der Waals surface area contributed by atoms with Crippen LogP contribution < -0.4 is 16.0 Å². The van der Waals surface area contributed by atoms with Gasteiger partial charge in [0.1, 0.15) is 6.04 Å². The zero-order valence-electron chi connectivity index (χ0n) is 20.3. The molecule has 31 heavy (non-hydrogen) atoms. The molecule has 6 heteroatoms. The predicted octanol–water partition coefficient (Wildman–Crippen LogP) is 4.78. The van der Waals surface area contributed by atoms with Crippen LogP contribution in [0.1, 0.15) is 111 Å². The quantitative estimate of drug-likeness (QED) is 0.189. The number of carbonyl (C=O) groups excluding carboxylic acids is 3. The second-order valence-corrected chi connectivity index (χ2v) is 8.22. The molecule has 0 aliphatic carbocycles. The van der Waals surface area contributed by atoms with E-state index in [1.54, 1.807) is 0 Å². The largest absolute Gasteiger partial charge is 0.356 e. The van der Waals surface area contributed by atoms with E-state index >= 15 is 0 Å². The summed E-state index contributed by atoms with van der Waals surface area (Å²) in [6.07, 6.45) is 16.9. The fourth-order valence-electron chi connectivity index (χ4n) is 3.12. The van der Waals surface area contributed by atoms with Crippen molar-refractivity contribution in [1.82, 2.24) is 16.0 Å². The molecule has 1 atom stereocenters. The number of nitrogens with one attached hydrogen (secondary N) is 3. The summed E-state index contributed by atoms with van der Waals surface area (Å²) in [5.41, 5.74) is 0. The first kappa shape index (κ1) is 29.1. The maximum absolute atomic E-state index is 12.5. The van der Waals surface area contributed by atoms with Gasteiger partial charge >= 0.3 is 0 Å². The molecule has 0 radical (unpaired) electrons. The molecule has 3 amide bonds. The van der Waals surface area contributed by atoms with Crippen molar-refractivity contribution in [3.05, 3.63) is 12.2 Å². The monoisotopic (exact) mass is 437 g/mol. The Morgan fingerprint density at radius 1 is 0.677 bits per heavy atom. The first-order valence-electron chi connectivity index (χ1n) is 12.5. The number of hydrogen-bond acceptors (Lipinski definition) is 3. The molecule has 0 fully saturated rings. The van der Waals surface area contributed by atoms with Crippen LogP contribution in [0.2, 0.25) is 0 Å². The lowest BCUT2D eigenvalue weighted by atomic mass is 10.1. The van der Waals surface area contributed by atoms with Crippen molar-refractivity contribution in [1.29, 1.82) is 0 Å². The Bertz CT molecular complexity index is 506. The Hall–Kier alpha value is -1.85. The standard InChI is InChI=1S/C25H47N3O3/c1-4-7-10-11-12-13-14-15-16-17-24(30)28-22(25(31)27-21-9-6-3)18-19-23(29)26-20-8-5-2/h13-14,22H,4-12,15-21H2,1-3H3,(H,26,29)(H,27,31)(H,28,30)/b14-13+/t22-/m0/s1. The molecule has 0 aromatic carbocycles. The van der Waals surface area contributed by atoms with E-state index in [1.807, 2.05) is 0 Å². The summed E-state index contributed by atoms with van der Waals surface area (Å²) < 4.78 is 0. The molecule has 0 aliphatic rings. The fourth-order valence-corrected chi connectivity index (χ4v) is 3.12. The highest BCUT2D eigenvalue weighted by molar-refractivity contribution is 5.88. The molecule has 0 bridgehead atoms. The molecule has 0 aromatic rings. The van der Waals surface area contributed by atoms with Crippen LogP contribution in [0, 0.1) is 0 Å². The van der Waals surface area contributed by atoms with Crippen molar-refractivity contribution in [3.63, 3.8) is 0 Å². The van der Waals surface area contributed by atoms with Crippen molar-refractivity contribution in [2.75, 3.05) is 13.1 Å². The van der Waals surface area contributed by atoms with E-state index in [4.69, 9.17) is 0 Å². The van der Waals surface area contributed by atoms with Gasteiger partial charge in [-0.15, -0.1) is 0 Å². The molecule has 0 saturated heterocycles. The van der Waals surface area contributed by atoms with E-state index in [9.17, 15) is 14.4 Å². The van der Waals surface area contributed by atoms with Gasteiger partial charge in [-0.3, -0.25) is 14.4 Å². The minimum absolute atomic E-state index is 0.0712. The molecule has 0 heterocycles. The number of unbranched alkanes of at least 4 members (excludes halogenated alkanes) is 7. The van der Waals surface area contributed by atoms with Crippen LogP contribution in [-0.2, 0) is 14.4 Å². The van der Waals surface area contributed by atoms with E-state index in [0.717, 1.165) is 44.9 Å². The van der Waals surface area contributed by atoms with Gasteiger partial charge in [-0.25, -0.2) is 0 Å². The molecule has 3 N–H and O–H groups in total. The Morgan fingerprint density at radius 2 is 1.29 bits per heavy atom. The van der Waals surface area contributed by atoms with E-state index in [-0.39, 0.29) is 24.1 Å². The van der Waals surface area contributed by atoms with Gasteiger partial charge in [-0.2, -0.15) is 0 Å². The van der Waals surface area contributed by atoms with Crippen LogP contribution in [0.3, 0.4) is 0 Å². The highest BCUT2D eigenvalue weighted by Crippen LogP contribution is 2.05. The first-order chi connectivity index (χ1) is 15.0.